The summed E-state index contributed by atoms with van der Waals surface area (Å²) in [4.78, 5) is 0. The lowest BCUT2D eigenvalue weighted by Gasteiger charge is -2.23. The highest BCUT2D eigenvalue weighted by Crippen LogP contribution is 2.35. The van der Waals surface area contributed by atoms with E-state index in [9.17, 15) is 21.6 Å². The van der Waals surface area contributed by atoms with E-state index >= 15 is 0 Å². The summed E-state index contributed by atoms with van der Waals surface area (Å²) in [7, 11) is -3.77. The molecule has 1 aliphatic heterocycles. The van der Waals surface area contributed by atoms with Gasteiger partial charge in [0.2, 0.25) is 0 Å². The standard InChI is InChI=1S/C13H16F3NO3S/c1-21(18,19)20-12(10-5-6-17-8-10)9-3-2-4-11(7-9)13(14,15)16/h2-4,7,10,12,17H,5-6,8H2,1H3. The Balaban J connectivity index is 2.36. The van der Waals surface area contributed by atoms with Gasteiger partial charge in [-0.3, -0.25) is 4.18 Å². The van der Waals surface area contributed by atoms with Gasteiger partial charge in [-0.1, -0.05) is 12.1 Å². The number of rotatable bonds is 4. The molecule has 0 spiro atoms. The Bertz CT molecular complexity index is 595. The Morgan fingerprint density at radius 1 is 1.38 bits per heavy atom. The van der Waals surface area contributed by atoms with Gasteiger partial charge in [-0.15, -0.1) is 0 Å². The van der Waals surface area contributed by atoms with Crippen LogP contribution >= 0.6 is 0 Å². The van der Waals surface area contributed by atoms with Crippen LogP contribution in [-0.2, 0) is 20.5 Å². The molecule has 0 saturated carbocycles. The molecule has 1 saturated heterocycles. The van der Waals surface area contributed by atoms with Crippen LogP contribution in [0.25, 0.3) is 0 Å². The lowest BCUT2D eigenvalue weighted by Crippen LogP contribution is -2.22. The smallest absolute Gasteiger partial charge is 0.316 e. The van der Waals surface area contributed by atoms with Crippen LogP contribution in [0.1, 0.15) is 23.7 Å². The number of halogens is 3. The molecule has 0 amide bonds. The fourth-order valence-corrected chi connectivity index (χ4v) is 3.07. The normalized spacial score (nSPS) is 21.4. The minimum absolute atomic E-state index is 0.178. The van der Waals surface area contributed by atoms with Crippen molar-refractivity contribution in [2.24, 2.45) is 5.92 Å². The quantitative estimate of drug-likeness (QED) is 0.864. The van der Waals surface area contributed by atoms with E-state index in [0.717, 1.165) is 18.4 Å². The Labute approximate surface area is 121 Å². The first-order valence-corrected chi connectivity index (χ1v) is 8.24. The minimum atomic E-state index is -4.47. The van der Waals surface area contributed by atoms with E-state index in [0.29, 0.717) is 19.5 Å². The molecule has 118 valence electrons. The molecule has 2 atom stereocenters. The van der Waals surface area contributed by atoms with Gasteiger partial charge in [-0.05, 0) is 30.7 Å². The van der Waals surface area contributed by atoms with Gasteiger partial charge in [-0.2, -0.15) is 21.6 Å². The molecule has 0 radical (unpaired) electrons. The fraction of sp³-hybridized carbons (Fsp3) is 0.538. The second-order valence-corrected chi connectivity index (χ2v) is 6.70. The highest BCUT2D eigenvalue weighted by Gasteiger charge is 2.34. The molecule has 0 aromatic heterocycles. The maximum Gasteiger partial charge on any atom is 0.416 e. The van der Waals surface area contributed by atoms with E-state index in [2.05, 4.69) is 5.32 Å². The molecule has 2 unspecified atom stereocenters. The topological polar surface area (TPSA) is 55.4 Å². The number of alkyl halides is 3. The number of nitrogens with one attached hydrogen (secondary N) is 1. The average molecular weight is 323 g/mol. The van der Waals surface area contributed by atoms with Crippen LogP contribution in [0.4, 0.5) is 13.2 Å². The van der Waals surface area contributed by atoms with Crippen molar-refractivity contribution in [3.8, 4) is 0 Å². The lowest BCUT2D eigenvalue weighted by molar-refractivity contribution is -0.137. The van der Waals surface area contributed by atoms with Crippen LogP contribution in [0.3, 0.4) is 0 Å². The van der Waals surface area contributed by atoms with Crippen LogP contribution in [0.2, 0.25) is 0 Å². The predicted molar refractivity (Wildman–Crippen MR) is 71.1 cm³/mol. The summed E-state index contributed by atoms with van der Waals surface area (Å²) in [5.41, 5.74) is -0.586. The van der Waals surface area contributed by atoms with Gasteiger partial charge < -0.3 is 5.32 Å². The average Bonchev–Trinajstić information content (AvgIpc) is 2.87. The van der Waals surface area contributed by atoms with Crippen molar-refractivity contribution in [3.05, 3.63) is 35.4 Å². The summed E-state index contributed by atoms with van der Waals surface area (Å²) in [6.45, 7) is 1.20. The van der Waals surface area contributed by atoms with Crippen molar-refractivity contribution in [3.63, 3.8) is 0 Å². The van der Waals surface area contributed by atoms with Crippen molar-refractivity contribution >= 4 is 10.1 Å². The van der Waals surface area contributed by atoms with Crippen molar-refractivity contribution < 1.29 is 25.8 Å². The second-order valence-electron chi connectivity index (χ2n) is 5.10. The van der Waals surface area contributed by atoms with Crippen LogP contribution in [0.5, 0.6) is 0 Å². The molecule has 0 aliphatic carbocycles. The van der Waals surface area contributed by atoms with E-state index in [1.807, 2.05) is 0 Å². The van der Waals surface area contributed by atoms with Gasteiger partial charge in [0.1, 0.15) is 6.10 Å². The van der Waals surface area contributed by atoms with E-state index in [-0.39, 0.29) is 11.5 Å². The first-order valence-electron chi connectivity index (χ1n) is 6.43. The van der Waals surface area contributed by atoms with Gasteiger partial charge in [-0.25, -0.2) is 0 Å². The molecule has 1 heterocycles. The first kappa shape index (κ1) is 16.3. The van der Waals surface area contributed by atoms with Crippen molar-refractivity contribution in [1.29, 1.82) is 0 Å². The third-order valence-corrected chi connectivity index (χ3v) is 3.90. The maximum atomic E-state index is 12.8. The van der Waals surface area contributed by atoms with Crippen molar-refractivity contribution in [1.82, 2.24) is 5.32 Å². The highest BCUT2D eigenvalue weighted by molar-refractivity contribution is 7.86. The van der Waals surface area contributed by atoms with Crippen LogP contribution in [-0.4, -0.2) is 27.8 Å². The van der Waals surface area contributed by atoms with E-state index in [1.54, 1.807) is 0 Å². The third-order valence-electron chi connectivity index (χ3n) is 3.35. The Morgan fingerprint density at radius 3 is 2.62 bits per heavy atom. The molecule has 8 heteroatoms. The lowest BCUT2D eigenvalue weighted by atomic mass is 9.94. The Hall–Kier alpha value is -1.12. The van der Waals surface area contributed by atoms with E-state index in [1.165, 1.54) is 12.1 Å². The monoisotopic (exact) mass is 323 g/mol. The largest absolute Gasteiger partial charge is 0.416 e. The number of benzene rings is 1. The maximum absolute atomic E-state index is 12.8. The van der Waals surface area contributed by atoms with Crippen LogP contribution in [0.15, 0.2) is 24.3 Å². The molecular weight excluding hydrogens is 307 g/mol. The SMILES string of the molecule is CS(=O)(=O)OC(c1cccc(C(F)(F)F)c1)C1CCNC1. The van der Waals surface area contributed by atoms with Gasteiger partial charge >= 0.3 is 6.18 Å². The zero-order chi connectivity index (χ0) is 15.7. The van der Waals surface area contributed by atoms with Crippen LogP contribution < -0.4 is 5.32 Å². The molecule has 1 aliphatic rings. The minimum Gasteiger partial charge on any atom is -0.316 e. The summed E-state index contributed by atoms with van der Waals surface area (Å²) in [5.74, 6) is -0.178. The van der Waals surface area contributed by atoms with E-state index < -0.39 is 28.0 Å². The predicted octanol–water partition coefficient (Wildman–Crippen LogP) is 2.33. The molecule has 1 N–H and O–H groups in total. The molecule has 2 rings (SSSR count). The summed E-state index contributed by atoms with van der Waals surface area (Å²) in [6, 6.07) is 4.63. The zero-order valence-electron chi connectivity index (χ0n) is 11.4. The molecule has 1 fully saturated rings. The van der Waals surface area contributed by atoms with Crippen LogP contribution in [0, 0.1) is 5.92 Å². The first-order chi connectivity index (χ1) is 9.67. The molecular formula is C13H16F3NO3S. The van der Waals surface area contributed by atoms with Gasteiger partial charge in [0.25, 0.3) is 10.1 Å². The van der Waals surface area contributed by atoms with E-state index in [4.69, 9.17) is 4.18 Å². The highest BCUT2D eigenvalue weighted by atomic mass is 32.2. The molecule has 0 bridgehead atoms. The van der Waals surface area contributed by atoms with Gasteiger partial charge in [0.05, 0.1) is 11.8 Å². The second kappa shape index (κ2) is 5.94. The summed E-state index contributed by atoms with van der Waals surface area (Å²) >= 11 is 0. The molecule has 1 aromatic rings. The molecule has 21 heavy (non-hydrogen) atoms. The number of hydrogen-bond acceptors (Lipinski definition) is 4. The van der Waals surface area contributed by atoms with Gasteiger partial charge in [0, 0.05) is 12.5 Å². The van der Waals surface area contributed by atoms with Crippen molar-refractivity contribution in [2.75, 3.05) is 19.3 Å². The Kier molecular flexibility index (Phi) is 4.60. The zero-order valence-corrected chi connectivity index (χ0v) is 12.2. The van der Waals surface area contributed by atoms with Gasteiger partial charge in [0.15, 0.2) is 0 Å². The van der Waals surface area contributed by atoms with Crippen molar-refractivity contribution in [2.45, 2.75) is 18.7 Å². The summed E-state index contributed by atoms with van der Waals surface area (Å²) < 4.78 is 66.1. The molecule has 4 nitrogen and oxygen atoms in total. The Morgan fingerprint density at radius 2 is 2.10 bits per heavy atom. The fourth-order valence-electron chi connectivity index (χ4n) is 2.42. The summed E-state index contributed by atoms with van der Waals surface area (Å²) in [6.07, 6.45) is -3.83. The number of hydrogen-bond donors (Lipinski definition) is 1. The molecule has 1 aromatic carbocycles. The third kappa shape index (κ3) is 4.42. The summed E-state index contributed by atoms with van der Waals surface area (Å²) in [5, 5.41) is 3.06.